The summed E-state index contributed by atoms with van der Waals surface area (Å²) in [6.07, 6.45) is 7.19. The van der Waals surface area contributed by atoms with E-state index in [-0.39, 0.29) is 0 Å². The van der Waals surface area contributed by atoms with Gasteiger partial charge in [-0.25, -0.2) is 0 Å². The predicted octanol–water partition coefficient (Wildman–Crippen LogP) is 7.96. The second-order valence-electron chi connectivity index (χ2n) is 6.49. The van der Waals surface area contributed by atoms with Crippen molar-refractivity contribution in [1.82, 2.24) is 0 Å². The van der Waals surface area contributed by atoms with Gasteiger partial charge in [0.1, 0.15) is 5.58 Å². The molecule has 0 spiro atoms. The Morgan fingerprint density at radius 2 is 1.44 bits per heavy atom. The Morgan fingerprint density at radius 1 is 0.667 bits per heavy atom. The van der Waals surface area contributed by atoms with E-state index in [2.05, 4.69) is 47.2 Å². The van der Waals surface area contributed by atoms with Gasteiger partial charge in [0.2, 0.25) is 0 Å². The smallest absolute Gasteiger partial charge is 0.133 e. The first kappa shape index (κ1) is 18.0. The summed E-state index contributed by atoms with van der Waals surface area (Å²) in [5.41, 5.74) is 2.57. The van der Waals surface area contributed by atoms with Crippen LogP contribution in [0.25, 0.3) is 21.1 Å². The molecule has 2 aromatic carbocycles. The summed E-state index contributed by atoms with van der Waals surface area (Å²) in [4.78, 5) is 1.64. The van der Waals surface area contributed by atoms with Crippen LogP contribution in [0.4, 0.5) is 0 Å². The molecule has 1 aliphatic carbocycles. The van der Waals surface area contributed by atoms with Gasteiger partial charge in [0.15, 0.2) is 0 Å². The van der Waals surface area contributed by atoms with Crippen LogP contribution in [0, 0.1) is 0 Å². The molecule has 6 rings (SSSR count). The minimum Gasteiger partial charge on any atom is -0.464 e. The van der Waals surface area contributed by atoms with Gasteiger partial charge in [-0.15, -0.1) is 22.7 Å². The predicted molar refractivity (Wildman–Crippen MR) is 119 cm³/mol. The number of fused-ring (bicyclic) bond motifs is 3. The van der Waals surface area contributed by atoms with E-state index >= 15 is 0 Å². The molecule has 27 heavy (non-hydrogen) atoms. The molecule has 0 unspecified atom stereocenters. The molecule has 3 aromatic heterocycles. The fourth-order valence-electron chi connectivity index (χ4n) is 3.22. The van der Waals surface area contributed by atoms with Crippen molar-refractivity contribution in [3.63, 3.8) is 0 Å². The zero-order valence-corrected chi connectivity index (χ0v) is 16.8. The Hall–Kier alpha value is -2.36. The molecule has 5 aromatic rings. The summed E-state index contributed by atoms with van der Waals surface area (Å²) < 4.78 is 6.49. The quantitative estimate of drug-likeness (QED) is 0.261. The van der Waals surface area contributed by atoms with Crippen molar-refractivity contribution in [2.75, 3.05) is 0 Å². The van der Waals surface area contributed by atoms with Gasteiger partial charge in [0.25, 0.3) is 0 Å². The van der Waals surface area contributed by atoms with Crippen molar-refractivity contribution in [1.29, 1.82) is 0 Å². The Kier molecular flexibility index (Phi) is 6.03. The van der Waals surface area contributed by atoms with Crippen LogP contribution in [-0.4, -0.2) is 0 Å². The maximum atomic E-state index is 5.12. The van der Waals surface area contributed by atoms with Gasteiger partial charge in [0, 0.05) is 15.0 Å². The minimum atomic E-state index is 0.956. The minimum absolute atomic E-state index is 0.956. The summed E-state index contributed by atoms with van der Waals surface area (Å²) in [6.45, 7) is 0. The molecule has 0 aliphatic heterocycles. The highest BCUT2D eigenvalue weighted by Gasteiger charge is 2.08. The lowest BCUT2D eigenvalue weighted by Gasteiger charge is -2.08. The number of hydrogen-bond donors (Lipinski definition) is 0. The Balaban J connectivity index is 0.0000001000. The second-order valence-corrected chi connectivity index (χ2v) is 8.44. The number of furan rings is 1. The first-order valence-corrected chi connectivity index (χ1v) is 11.1. The molecule has 0 radical (unpaired) electrons. The molecule has 136 valence electrons. The fraction of sp³-hybridized carbons (Fsp3) is 0.167. The van der Waals surface area contributed by atoms with Gasteiger partial charge in [0.05, 0.1) is 6.26 Å². The maximum absolute atomic E-state index is 5.12. The summed E-state index contributed by atoms with van der Waals surface area (Å²) in [6, 6.07) is 22.7. The standard InChI is InChI=1S/C8H6O.C8H10S.C8H6S/c3*1-2-4-8-7(3-1)5-6-9-8/h1-6H;5-6H,1-4H2;1-6H. The fourth-order valence-corrected chi connectivity index (χ4v) is 4.99. The molecule has 0 saturated heterocycles. The zero-order chi connectivity index (χ0) is 18.3. The molecule has 0 bridgehead atoms. The largest absolute Gasteiger partial charge is 0.464 e. The highest BCUT2D eigenvalue weighted by Crippen LogP contribution is 2.25. The van der Waals surface area contributed by atoms with Crippen LogP contribution in [-0.2, 0) is 12.8 Å². The third-order valence-electron chi connectivity index (χ3n) is 4.66. The molecule has 0 saturated carbocycles. The number of aryl methyl sites for hydroxylation is 2. The first-order valence-electron chi connectivity index (χ1n) is 9.30. The first-order chi connectivity index (χ1) is 13.4. The number of thiophene rings is 2. The molecule has 3 heterocycles. The van der Waals surface area contributed by atoms with Crippen molar-refractivity contribution < 1.29 is 4.42 Å². The van der Waals surface area contributed by atoms with Crippen molar-refractivity contribution in [3.05, 3.63) is 94.2 Å². The molecule has 1 aliphatic rings. The topological polar surface area (TPSA) is 13.1 Å². The number of benzene rings is 2. The van der Waals surface area contributed by atoms with Crippen LogP contribution in [0.3, 0.4) is 0 Å². The zero-order valence-electron chi connectivity index (χ0n) is 15.1. The third-order valence-corrected chi connectivity index (χ3v) is 6.58. The Bertz CT molecular complexity index is 953. The third kappa shape index (κ3) is 4.68. The van der Waals surface area contributed by atoms with Gasteiger partial charge in [-0.05, 0) is 77.7 Å². The highest BCUT2D eigenvalue weighted by atomic mass is 32.1. The van der Waals surface area contributed by atoms with E-state index in [0.717, 1.165) is 11.0 Å². The van der Waals surface area contributed by atoms with Crippen molar-refractivity contribution in [3.8, 4) is 0 Å². The van der Waals surface area contributed by atoms with Gasteiger partial charge in [-0.2, -0.15) is 0 Å². The van der Waals surface area contributed by atoms with Crippen LogP contribution in [0.1, 0.15) is 23.3 Å². The lowest BCUT2D eigenvalue weighted by atomic mass is 10.00. The van der Waals surface area contributed by atoms with E-state index in [9.17, 15) is 0 Å². The summed E-state index contributed by atoms with van der Waals surface area (Å²) in [5.74, 6) is 0. The molecule has 0 N–H and O–H groups in total. The van der Waals surface area contributed by atoms with E-state index in [1.807, 2.05) is 41.7 Å². The van der Waals surface area contributed by atoms with E-state index in [4.69, 9.17) is 4.42 Å². The molecule has 1 nitrogen and oxygen atoms in total. The average molecular weight is 391 g/mol. The molecule has 0 fully saturated rings. The van der Waals surface area contributed by atoms with Crippen LogP contribution >= 0.6 is 22.7 Å². The van der Waals surface area contributed by atoms with Gasteiger partial charge >= 0.3 is 0 Å². The SMILES string of the molecule is c1cc2c(s1)CCCC2.c1ccc2occc2c1.c1ccc2sccc2c1. The van der Waals surface area contributed by atoms with Gasteiger partial charge in [-0.3, -0.25) is 0 Å². The summed E-state index contributed by atoms with van der Waals surface area (Å²) >= 11 is 3.71. The summed E-state index contributed by atoms with van der Waals surface area (Å²) in [7, 11) is 0. The lowest BCUT2D eigenvalue weighted by Crippen LogP contribution is -1.96. The normalized spacial score (nSPS) is 12.6. The number of rotatable bonds is 0. The van der Waals surface area contributed by atoms with E-state index < -0.39 is 0 Å². The lowest BCUT2D eigenvalue weighted by molar-refractivity contribution is 0.616. The second kappa shape index (κ2) is 9.03. The van der Waals surface area contributed by atoms with Crippen molar-refractivity contribution in [2.45, 2.75) is 25.7 Å². The Morgan fingerprint density at radius 3 is 2.30 bits per heavy atom. The van der Waals surface area contributed by atoms with Crippen LogP contribution < -0.4 is 0 Å². The number of para-hydroxylation sites is 1. The van der Waals surface area contributed by atoms with Crippen LogP contribution in [0.5, 0.6) is 0 Å². The van der Waals surface area contributed by atoms with E-state index in [0.29, 0.717) is 0 Å². The highest BCUT2D eigenvalue weighted by molar-refractivity contribution is 7.17. The van der Waals surface area contributed by atoms with Crippen molar-refractivity contribution >= 4 is 43.7 Å². The number of hydrogen-bond acceptors (Lipinski definition) is 3. The van der Waals surface area contributed by atoms with Gasteiger partial charge < -0.3 is 4.42 Å². The maximum Gasteiger partial charge on any atom is 0.133 e. The van der Waals surface area contributed by atoms with Crippen LogP contribution in [0.15, 0.2) is 88.2 Å². The van der Waals surface area contributed by atoms with E-state index in [1.54, 1.807) is 28.0 Å². The average Bonchev–Trinajstić information content (AvgIpc) is 3.48. The Labute approximate surface area is 167 Å². The molecule has 0 amide bonds. The molecular weight excluding hydrogens is 368 g/mol. The molecular formula is C24H22OS2. The summed E-state index contributed by atoms with van der Waals surface area (Å²) in [5, 5.41) is 6.85. The molecule has 0 atom stereocenters. The van der Waals surface area contributed by atoms with Crippen LogP contribution in [0.2, 0.25) is 0 Å². The van der Waals surface area contributed by atoms with Gasteiger partial charge in [-0.1, -0.05) is 36.4 Å². The molecule has 3 heteroatoms. The monoisotopic (exact) mass is 390 g/mol. The van der Waals surface area contributed by atoms with E-state index in [1.165, 1.54) is 35.8 Å². The van der Waals surface area contributed by atoms with Crippen molar-refractivity contribution in [2.24, 2.45) is 0 Å².